The first-order valence-corrected chi connectivity index (χ1v) is 8.68. The Labute approximate surface area is 164 Å². The molecule has 0 spiro atoms. The molecular formula is C19H14ClN5O3. The Balaban J connectivity index is 1.41. The number of ether oxygens (including phenoxy) is 1. The number of nitrogens with one attached hydrogen (secondary N) is 1. The first-order valence-electron chi connectivity index (χ1n) is 8.30. The zero-order chi connectivity index (χ0) is 19.3. The van der Waals surface area contributed by atoms with E-state index in [1.54, 1.807) is 42.5 Å². The Morgan fingerprint density at radius 1 is 1.14 bits per heavy atom. The summed E-state index contributed by atoms with van der Waals surface area (Å²) >= 11 is 6.05. The lowest BCUT2D eigenvalue weighted by Gasteiger charge is -2.06. The van der Waals surface area contributed by atoms with Gasteiger partial charge in [-0.1, -0.05) is 29.8 Å². The number of benzene rings is 2. The summed E-state index contributed by atoms with van der Waals surface area (Å²) in [4.78, 5) is 12.4. The lowest BCUT2D eigenvalue weighted by molar-refractivity contribution is 0.0992. The summed E-state index contributed by atoms with van der Waals surface area (Å²) in [5, 5.41) is 14.3. The number of hydrogen-bond acceptors (Lipinski definition) is 6. The molecule has 28 heavy (non-hydrogen) atoms. The fourth-order valence-corrected chi connectivity index (χ4v) is 2.68. The molecule has 4 aromatic rings. The van der Waals surface area contributed by atoms with Crippen LogP contribution in [0.2, 0.25) is 5.02 Å². The molecule has 2 aromatic heterocycles. The average Bonchev–Trinajstić information content (AvgIpc) is 3.40. The highest BCUT2D eigenvalue weighted by molar-refractivity contribution is 6.32. The summed E-state index contributed by atoms with van der Waals surface area (Å²) in [5.41, 5.74) is 1.30. The lowest BCUT2D eigenvalue weighted by atomic mass is 10.2. The number of nitrogens with zero attached hydrogens (tertiary/aromatic N) is 4. The Bertz CT molecular complexity index is 1090. The molecule has 9 heteroatoms. The number of furan rings is 1. The van der Waals surface area contributed by atoms with Crippen molar-refractivity contribution < 1.29 is 13.9 Å². The van der Waals surface area contributed by atoms with Gasteiger partial charge in [0.1, 0.15) is 24.4 Å². The van der Waals surface area contributed by atoms with Gasteiger partial charge >= 0.3 is 0 Å². The van der Waals surface area contributed by atoms with Crippen LogP contribution in [0.4, 0.5) is 5.69 Å². The van der Waals surface area contributed by atoms with E-state index in [1.165, 1.54) is 11.0 Å². The van der Waals surface area contributed by atoms with Gasteiger partial charge in [0.15, 0.2) is 5.76 Å². The van der Waals surface area contributed by atoms with Gasteiger partial charge in [0.25, 0.3) is 5.91 Å². The van der Waals surface area contributed by atoms with Gasteiger partial charge in [0.05, 0.1) is 10.7 Å². The number of hydrogen-bond donors (Lipinski definition) is 1. The third kappa shape index (κ3) is 4.02. The molecule has 8 nitrogen and oxygen atoms in total. The minimum atomic E-state index is -0.377. The molecule has 0 atom stereocenters. The molecule has 0 aliphatic heterocycles. The van der Waals surface area contributed by atoms with Crippen molar-refractivity contribution in [3.05, 3.63) is 83.5 Å². The number of anilines is 1. The normalized spacial score (nSPS) is 10.6. The molecule has 0 bridgehead atoms. The van der Waals surface area contributed by atoms with Gasteiger partial charge in [-0.2, -0.15) is 0 Å². The summed E-state index contributed by atoms with van der Waals surface area (Å²) in [6, 6.07) is 17.5. The highest BCUT2D eigenvalue weighted by atomic mass is 35.5. The molecule has 0 fully saturated rings. The maximum atomic E-state index is 12.4. The van der Waals surface area contributed by atoms with Crippen LogP contribution in [0.3, 0.4) is 0 Å². The zero-order valence-corrected chi connectivity index (χ0v) is 15.2. The van der Waals surface area contributed by atoms with Crippen LogP contribution in [0.1, 0.15) is 16.3 Å². The van der Waals surface area contributed by atoms with Crippen molar-refractivity contribution in [1.82, 2.24) is 20.2 Å². The largest absolute Gasteiger partial charge is 0.484 e. The van der Waals surface area contributed by atoms with Crippen molar-refractivity contribution in [3.63, 3.8) is 0 Å². The minimum absolute atomic E-state index is 0.159. The van der Waals surface area contributed by atoms with Gasteiger partial charge in [0, 0.05) is 5.69 Å². The fourth-order valence-electron chi connectivity index (χ4n) is 2.49. The Hall–Kier alpha value is -3.65. The molecule has 1 N–H and O–H groups in total. The molecule has 0 aliphatic rings. The second-order valence-corrected chi connectivity index (χ2v) is 6.15. The van der Waals surface area contributed by atoms with E-state index in [1.807, 2.05) is 18.2 Å². The van der Waals surface area contributed by atoms with Crippen molar-refractivity contribution in [2.24, 2.45) is 0 Å². The Morgan fingerprint density at radius 2 is 2.04 bits per heavy atom. The summed E-state index contributed by atoms with van der Waals surface area (Å²) in [6.45, 7) is 0.159. The number of carbonyl (C=O) groups excluding carboxylic acids is 1. The zero-order valence-electron chi connectivity index (χ0n) is 14.4. The second-order valence-electron chi connectivity index (χ2n) is 5.74. The van der Waals surface area contributed by atoms with Gasteiger partial charge < -0.3 is 14.5 Å². The van der Waals surface area contributed by atoms with Crippen molar-refractivity contribution in [3.8, 4) is 11.4 Å². The van der Waals surface area contributed by atoms with Gasteiger partial charge in [-0.05, 0) is 52.9 Å². The van der Waals surface area contributed by atoms with Crippen LogP contribution >= 0.6 is 11.6 Å². The van der Waals surface area contributed by atoms with Crippen LogP contribution in [-0.2, 0) is 6.61 Å². The van der Waals surface area contributed by atoms with E-state index in [0.29, 0.717) is 22.2 Å². The molecule has 1 amide bonds. The molecule has 0 radical (unpaired) electrons. The predicted octanol–water partition coefficient (Wildman–Crippen LogP) is 3.74. The van der Waals surface area contributed by atoms with E-state index in [-0.39, 0.29) is 18.3 Å². The molecule has 140 valence electrons. The third-order valence-electron chi connectivity index (χ3n) is 3.81. The van der Waals surface area contributed by atoms with Crippen LogP contribution in [0, 0.1) is 0 Å². The van der Waals surface area contributed by atoms with E-state index in [2.05, 4.69) is 20.8 Å². The van der Waals surface area contributed by atoms with Crippen molar-refractivity contribution in [1.29, 1.82) is 0 Å². The maximum absolute atomic E-state index is 12.4. The monoisotopic (exact) mass is 395 g/mol. The van der Waals surface area contributed by atoms with E-state index in [4.69, 9.17) is 20.8 Å². The van der Waals surface area contributed by atoms with Crippen LogP contribution in [-0.4, -0.2) is 26.1 Å². The van der Waals surface area contributed by atoms with E-state index < -0.39 is 0 Å². The number of rotatable bonds is 6. The first-order chi connectivity index (χ1) is 13.7. The summed E-state index contributed by atoms with van der Waals surface area (Å²) < 4.78 is 12.7. The van der Waals surface area contributed by atoms with Gasteiger partial charge in [-0.15, -0.1) is 5.10 Å². The molecule has 2 aromatic carbocycles. The summed E-state index contributed by atoms with van der Waals surface area (Å²) in [6.07, 6.45) is 1.47. The molecule has 0 aliphatic carbocycles. The molecular weight excluding hydrogens is 382 g/mol. The first kappa shape index (κ1) is 17.7. The van der Waals surface area contributed by atoms with Gasteiger partial charge in [-0.25, -0.2) is 4.68 Å². The Kier molecular flexibility index (Phi) is 5.03. The van der Waals surface area contributed by atoms with Gasteiger partial charge in [0.2, 0.25) is 0 Å². The summed E-state index contributed by atoms with van der Waals surface area (Å²) in [7, 11) is 0. The molecule has 4 rings (SSSR count). The quantitative estimate of drug-likeness (QED) is 0.534. The standard InChI is InChI=1S/C19H14ClN5O3/c20-16-6-1-2-7-17(16)27-11-15-8-9-18(28-15)19(26)22-13-4-3-5-14(10-13)25-12-21-23-24-25/h1-10,12H,11H2,(H,22,26). The van der Waals surface area contributed by atoms with Crippen LogP contribution in [0.5, 0.6) is 5.75 Å². The lowest BCUT2D eigenvalue weighted by Crippen LogP contribution is -2.11. The molecule has 0 saturated heterocycles. The minimum Gasteiger partial charge on any atom is -0.484 e. The number of halogens is 1. The number of tetrazole rings is 1. The van der Waals surface area contributed by atoms with E-state index >= 15 is 0 Å². The number of aromatic nitrogens is 4. The predicted molar refractivity (Wildman–Crippen MR) is 102 cm³/mol. The summed E-state index contributed by atoms with van der Waals surface area (Å²) in [5.74, 6) is 0.849. The second kappa shape index (κ2) is 7.93. The average molecular weight is 396 g/mol. The van der Waals surface area contributed by atoms with E-state index in [0.717, 1.165) is 5.69 Å². The smallest absolute Gasteiger partial charge is 0.291 e. The van der Waals surface area contributed by atoms with Crippen molar-refractivity contribution >= 4 is 23.2 Å². The van der Waals surface area contributed by atoms with Crippen LogP contribution < -0.4 is 10.1 Å². The van der Waals surface area contributed by atoms with Crippen LogP contribution in [0.15, 0.2) is 71.4 Å². The fraction of sp³-hybridized carbons (Fsp3) is 0.0526. The van der Waals surface area contributed by atoms with Crippen molar-refractivity contribution in [2.45, 2.75) is 6.61 Å². The molecule has 0 unspecified atom stereocenters. The van der Waals surface area contributed by atoms with Crippen molar-refractivity contribution in [2.75, 3.05) is 5.32 Å². The van der Waals surface area contributed by atoms with E-state index in [9.17, 15) is 4.79 Å². The Morgan fingerprint density at radius 3 is 2.86 bits per heavy atom. The topological polar surface area (TPSA) is 95.1 Å². The SMILES string of the molecule is O=C(Nc1cccc(-n2cnnn2)c1)c1ccc(COc2ccccc2Cl)o1. The highest BCUT2D eigenvalue weighted by Crippen LogP contribution is 2.24. The number of para-hydroxylation sites is 1. The van der Waals surface area contributed by atoms with Crippen LogP contribution in [0.25, 0.3) is 5.69 Å². The molecule has 0 saturated carbocycles. The number of carbonyl (C=O) groups is 1. The van der Waals surface area contributed by atoms with Gasteiger partial charge in [-0.3, -0.25) is 4.79 Å². The number of amides is 1. The highest BCUT2D eigenvalue weighted by Gasteiger charge is 2.13. The maximum Gasteiger partial charge on any atom is 0.291 e. The molecule has 2 heterocycles. The third-order valence-corrected chi connectivity index (χ3v) is 4.12.